The van der Waals surface area contributed by atoms with Gasteiger partial charge in [-0.3, -0.25) is 4.79 Å². The number of halogens is 2. The van der Waals surface area contributed by atoms with Crippen LogP contribution in [-0.2, 0) is 4.79 Å². The van der Waals surface area contributed by atoms with Crippen LogP contribution in [0, 0.1) is 23.1 Å². The lowest BCUT2D eigenvalue weighted by Crippen LogP contribution is -2.24. The Bertz CT molecular complexity index is 525. The Kier molecular flexibility index (Phi) is 10.5. The quantitative estimate of drug-likeness (QED) is 0.859. The molecule has 1 saturated heterocycles. The summed E-state index contributed by atoms with van der Waals surface area (Å²) in [6.45, 7) is 2.68. The Morgan fingerprint density at radius 2 is 2.14 bits per heavy atom. The fraction of sp³-hybridized carbons (Fsp3) is 0.385. The van der Waals surface area contributed by atoms with Crippen LogP contribution >= 0.6 is 39.4 Å². The van der Waals surface area contributed by atoms with Crippen LogP contribution in [0.2, 0.25) is 0 Å². The summed E-state index contributed by atoms with van der Waals surface area (Å²) in [5.41, 5.74) is 0.392. The molecule has 1 fully saturated rings. The summed E-state index contributed by atoms with van der Waals surface area (Å²) >= 11 is 0. The van der Waals surface area contributed by atoms with Gasteiger partial charge in [-0.05, 0) is 31.5 Å². The number of nitrogens with zero attached hydrogens (tertiary/aromatic N) is 1. The molecule has 0 aliphatic carbocycles. The summed E-state index contributed by atoms with van der Waals surface area (Å²) in [7, 11) is 0. The molecule has 0 spiro atoms. The number of hydrogen-bond donors (Lipinski definition) is 2. The van der Waals surface area contributed by atoms with Crippen molar-refractivity contribution in [2.24, 2.45) is 5.92 Å². The first kappa shape index (κ1) is 22.3. The fourth-order valence-electron chi connectivity index (χ4n) is 2.07. The van der Waals surface area contributed by atoms with Gasteiger partial charge in [-0.25, -0.2) is 4.39 Å². The van der Waals surface area contributed by atoms with Crippen molar-refractivity contribution in [3.8, 4) is 6.07 Å². The molecule has 1 amide bonds. The highest BCUT2D eigenvalue weighted by molar-refractivity contribution is 7.59. The van der Waals surface area contributed by atoms with Gasteiger partial charge in [0, 0.05) is 18.3 Å². The van der Waals surface area contributed by atoms with Gasteiger partial charge in [0.1, 0.15) is 11.9 Å². The van der Waals surface area contributed by atoms with Crippen LogP contribution in [0.3, 0.4) is 0 Å². The number of carbonyl (C=O) groups excluding carboxylic acids is 1. The topological polar surface area (TPSA) is 64.9 Å². The predicted molar refractivity (Wildman–Crippen MR) is 93.3 cm³/mol. The van der Waals surface area contributed by atoms with Gasteiger partial charge in [0.15, 0.2) is 0 Å². The molecule has 2 atom stereocenters. The van der Waals surface area contributed by atoms with E-state index in [1.165, 1.54) is 18.2 Å². The summed E-state index contributed by atoms with van der Waals surface area (Å²) in [6.07, 6.45) is 0.790. The van der Waals surface area contributed by atoms with Crippen LogP contribution in [0.1, 0.15) is 18.9 Å². The maximum absolute atomic E-state index is 13.1. The van der Waals surface area contributed by atoms with E-state index in [1.54, 1.807) is 6.07 Å². The Hall–Kier alpha value is -0.940. The molecule has 21 heavy (non-hydrogen) atoms. The minimum absolute atomic E-state index is 0. The minimum Gasteiger partial charge on any atom is -0.326 e. The summed E-state index contributed by atoms with van der Waals surface area (Å²) in [6, 6.07) is 6.07. The summed E-state index contributed by atoms with van der Waals surface area (Å²) in [5.74, 6) is -0.746. The Morgan fingerprint density at radius 1 is 1.48 bits per heavy atom. The van der Waals surface area contributed by atoms with Gasteiger partial charge in [0.2, 0.25) is 5.91 Å². The zero-order chi connectivity index (χ0) is 13.1. The summed E-state index contributed by atoms with van der Waals surface area (Å²) < 4.78 is 13.1. The molecule has 1 aromatic rings. The van der Waals surface area contributed by atoms with Crippen molar-refractivity contribution in [2.45, 2.75) is 19.4 Å². The van der Waals surface area contributed by atoms with E-state index in [9.17, 15) is 9.18 Å². The average Bonchev–Trinajstić information content (AvgIpc) is 2.78. The van der Waals surface area contributed by atoms with Gasteiger partial charge in [-0.2, -0.15) is 32.3 Å². The fourth-order valence-corrected chi connectivity index (χ4v) is 2.07. The van der Waals surface area contributed by atoms with Gasteiger partial charge in [-0.1, -0.05) is 0 Å². The number of nitrogens with one attached hydrogen (secondary N) is 2. The highest BCUT2D eigenvalue weighted by atomic mass is 35.5. The molecule has 0 aromatic heterocycles. The third-order valence-electron chi connectivity index (χ3n) is 3.08. The normalized spacial score (nSPS) is 19.3. The highest BCUT2D eigenvalue weighted by Gasteiger charge is 2.26. The molecular weight excluding hydrogens is 333 g/mol. The molecule has 0 bridgehead atoms. The van der Waals surface area contributed by atoms with Crippen molar-refractivity contribution in [1.29, 1.82) is 5.26 Å². The maximum atomic E-state index is 13.1. The predicted octanol–water partition coefficient (Wildman–Crippen LogP) is 2.28. The minimum atomic E-state index is -0.577. The number of carbonyl (C=O) groups is 1. The Balaban J connectivity index is 0. The largest absolute Gasteiger partial charge is 0.326 e. The Morgan fingerprint density at radius 3 is 2.67 bits per heavy atom. The molecular formula is C13H19ClFN3OS2. The second kappa shape index (κ2) is 9.90. The first-order valence-corrected chi connectivity index (χ1v) is 5.84. The number of anilines is 1. The SMILES string of the molecule is C[C@H]1C[C@H](C(=O)Nc2ccc(F)c(C#N)c2)CN1.Cl.S.S. The molecule has 0 unspecified atom stereocenters. The second-order valence-corrected chi connectivity index (χ2v) is 4.54. The van der Waals surface area contributed by atoms with Crippen molar-refractivity contribution in [1.82, 2.24) is 5.32 Å². The number of amides is 1. The molecule has 2 rings (SSSR count). The van der Waals surface area contributed by atoms with Crippen LogP contribution in [0.15, 0.2) is 18.2 Å². The van der Waals surface area contributed by atoms with Crippen LogP contribution in [0.4, 0.5) is 10.1 Å². The number of rotatable bonds is 2. The summed E-state index contributed by atoms with van der Waals surface area (Å²) in [4.78, 5) is 11.9. The molecule has 8 heteroatoms. The molecule has 118 valence electrons. The van der Waals surface area contributed by atoms with Crippen molar-refractivity contribution in [2.75, 3.05) is 11.9 Å². The lowest BCUT2D eigenvalue weighted by Gasteiger charge is -2.10. The van der Waals surface area contributed by atoms with Gasteiger partial charge in [0.25, 0.3) is 0 Å². The summed E-state index contributed by atoms with van der Waals surface area (Å²) in [5, 5.41) is 14.6. The maximum Gasteiger partial charge on any atom is 0.228 e. The van der Waals surface area contributed by atoms with E-state index in [2.05, 4.69) is 10.6 Å². The number of nitriles is 1. The van der Waals surface area contributed by atoms with Gasteiger partial charge >= 0.3 is 0 Å². The molecule has 1 aliphatic heterocycles. The number of hydrogen-bond acceptors (Lipinski definition) is 3. The van der Waals surface area contributed by atoms with E-state index in [-0.39, 0.29) is 56.8 Å². The van der Waals surface area contributed by atoms with Gasteiger partial charge in [-0.15, -0.1) is 12.4 Å². The molecule has 0 saturated carbocycles. The van der Waals surface area contributed by atoms with E-state index in [4.69, 9.17) is 5.26 Å². The second-order valence-electron chi connectivity index (χ2n) is 4.54. The van der Waals surface area contributed by atoms with Crippen LogP contribution in [-0.4, -0.2) is 18.5 Å². The van der Waals surface area contributed by atoms with Crippen LogP contribution in [0.5, 0.6) is 0 Å². The molecule has 1 heterocycles. The zero-order valence-electron chi connectivity index (χ0n) is 11.4. The van der Waals surface area contributed by atoms with E-state index in [0.717, 1.165) is 6.42 Å². The van der Waals surface area contributed by atoms with E-state index in [0.29, 0.717) is 18.3 Å². The van der Waals surface area contributed by atoms with Crippen LogP contribution < -0.4 is 10.6 Å². The van der Waals surface area contributed by atoms with Crippen molar-refractivity contribution < 1.29 is 9.18 Å². The highest BCUT2D eigenvalue weighted by Crippen LogP contribution is 2.18. The van der Waals surface area contributed by atoms with Gasteiger partial charge in [0.05, 0.1) is 11.5 Å². The third kappa shape index (κ3) is 5.75. The average molecular weight is 352 g/mol. The van der Waals surface area contributed by atoms with E-state index < -0.39 is 5.82 Å². The molecule has 4 nitrogen and oxygen atoms in total. The standard InChI is InChI=1S/C13H14FN3O.ClH.2H2S/c1-8-4-10(7-16-8)13(18)17-11-2-3-12(14)9(5-11)6-15;;;/h2-3,5,8,10,16H,4,7H2,1H3,(H,17,18);1H;2*1H2/t8-,10-;;;/m0.../s1. The van der Waals surface area contributed by atoms with Crippen molar-refractivity contribution >= 4 is 51.0 Å². The molecule has 2 N–H and O–H groups in total. The molecule has 1 aromatic carbocycles. The van der Waals surface area contributed by atoms with Crippen molar-refractivity contribution in [3.05, 3.63) is 29.6 Å². The first-order valence-electron chi connectivity index (χ1n) is 5.84. The molecule has 0 radical (unpaired) electrons. The smallest absolute Gasteiger partial charge is 0.228 e. The lowest BCUT2D eigenvalue weighted by atomic mass is 10.1. The monoisotopic (exact) mass is 351 g/mol. The van der Waals surface area contributed by atoms with E-state index >= 15 is 0 Å². The van der Waals surface area contributed by atoms with Crippen molar-refractivity contribution in [3.63, 3.8) is 0 Å². The Labute approximate surface area is 143 Å². The lowest BCUT2D eigenvalue weighted by molar-refractivity contribution is -0.119. The van der Waals surface area contributed by atoms with E-state index in [1.807, 2.05) is 6.92 Å². The van der Waals surface area contributed by atoms with Crippen LogP contribution in [0.25, 0.3) is 0 Å². The first-order chi connectivity index (χ1) is 8.60. The molecule has 1 aliphatic rings. The van der Waals surface area contributed by atoms with Gasteiger partial charge < -0.3 is 10.6 Å². The number of benzene rings is 1. The zero-order valence-corrected chi connectivity index (χ0v) is 14.3. The third-order valence-corrected chi connectivity index (χ3v) is 3.08.